The minimum Gasteiger partial charge on any atom is -0.483 e. The Labute approximate surface area is 199 Å². The number of fused-ring (bicyclic) bond motifs is 3. The van der Waals surface area contributed by atoms with Crippen molar-refractivity contribution in [2.75, 3.05) is 19.7 Å². The van der Waals surface area contributed by atoms with E-state index in [1.165, 1.54) is 22.3 Å². The Morgan fingerprint density at radius 2 is 1.65 bits per heavy atom. The summed E-state index contributed by atoms with van der Waals surface area (Å²) in [4.78, 5) is 34.9. The lowest BCUT2D eigenvalue weighted by Gasteiger charge is -2.33. The molecule has 2 aliphatic rings. The monoisotopic (exact) mass is 468 g/mol. The van der Waals surface area contributed by atoms with Gasteiger partial charge in [-0.3, -0.25) is 4.79 Å². The molecule has 182 valence electrons. The van der Waals surface area contributed by atoms with Crippen molar-refractivity contribution < 1.29 is 29.0 Å². The number of rotatable bonds is 3. The van der Waals surface area contributed by atoms with Crippen molar-refractivity contribution in [3.05, 3.63) is 59.7 Å². The molecule has 1 unspecified atom stereocenters. The Bertz CT molecular complexity index is 971. The number of ether oxygens (including phenoxy) is 2. The molecule has 2 aromatic carbocycles. The Hall–Kier alpha value is -3.55. The summed E-state index contributed by atoms with van der Waals surface area (Å²) in [5.74, 6) is 0.0387. The number of carbonyl (C=O) groups excluding carboxylic acids is 2. The number of amides is 2. The SMILES string of the molecule is CC(C)(C)OC(=O)NC1CCCN(C(=O)OCC2c3ccccc3-c3ccccc32)C1.O=CO. The summed E-state index contributed by atoms with van der Waals surface area (Å²) in [6.45, 7) is 6.59. The van der Waals surface area contributed by atoms with Gasteiger partial charge in [-0.15, -0.1) is 0 Å². The van der Waals surface area contributed by atoms with Gasteiger partial charge in [0.25, 0.3) is 6.47 Å². The second-order valence-corrected chi connectivity index (χ2v) is 9.34. The summed E-state index contributed by atoms with van der Waals surface area (Å²) in [7, 11) is 0. The number of carboxylic acid groups (broad SMARTS) is 1. The maximum absolute atomic E-state index is 12.8. The molecule has 2 N–H and O–H groups in total. The minimum atomic E-state index is -0.550. The van der Waals surface area contributed by atoms with E-state index in [4.69, 9.17) is 19.4 Å². The van der Waals surface area contributed by atoms with Crippen LogP contribution >= 0.6 is 0 Å². The molecule has 1 aliphatic heterocycles. The van der Waals surface area contributed by atoms with Crippen LogP contribution in [0.2, 0.25) is 0 Å². The lowest BCUT2D eigenvalue weighted by molar-refractivity contribution is -0.122. The van der Waals surface area contributed by atoms with Crippen LogP contribution in [0.1, 0.15) is 50.7 Å². The van der Waals surface area contributed by atoms with Gasteiger partial charge in [0.1, 0.15) is 12.2 Å². The molecule has 1 atom stereocenters. The topological polar surface area (TPSA) is 105 Å². The molecule has 8 nitrogen and oxygen atoms in total. The molecule has 0 aromatic heterocycles. The molecule has 0 radical (unpaired) electrons. The van der Waals surface area contributed by atoms with Crippen LogP contribution in [-0.4, -0.2) is 60.0 Å². The van der Waals surface area contributed by atoms with Crippen molar-refractivity contribution in [1.82, 2.24) is 10.2 Å². The largest absolute Gasteiger partial charge is 0.483 e. The number of hydrogen-bond donors (Lipinski definition) is 2. The van der Waals surface area contributed by atoms with E-state index in [-0.39, 0.29) is 24.5 Å². The molecule has 0 saturated carbocycles. The normalized spacial score (nSPS) is 16.9. The van der Waals surface area contributed by atoms with Crippen molar-refractivity contribution in [2.24, 2.45) is 0 Å². The van der Waals surface area contributed by atoms with Crippen molar-refractivity contribution in [3.63, 3.8) is 0 Å². The molecular weight excluding hydrogens is 436 g/mol. The minimum absolute atomic E-state index is 0.0387. The quantitative estimate of drug-likeness (QED) is 0.637. The average molecular weight is 469 g/mol. The summed E-state index contributed by atoms with van der Waals surface area (Å²) >= 11 is 0. The van der Waals surface area contributed by atoms with Crippen LogP contribution in [0.3, 0.4) is 0 Å². The fourth-order valence-electron chi connectivity index (χ4n) is 4.42. The number of nitrogens with zero attached hydrogens (tertiary/aromatic N) is 1. The first kappa shape index (κ1) is 25.1. The Morgan fingerprint density at radius 3 is 2.21 bits per heavy atom. The second-order valence-electron chi connectivity index (χ2n) is 9.34. The lowest BCUT2D eigenvalue weighted by Crippen LogP contribution is -2.50. The van der Waals surface area contributed by atoms with Gasteiger partial charge in [0.15, 0.2) is 0 Å². The fourth-order valence-corrected chi connectivity index (χ4v) is 4.42. The predicted molar refractivity (Wildman–Crippen MR) is 128 cm³/mol. The summed E-state index contributed by atoms with van der Waals surface area (Å²) < 4.78 is 11.1. The zero-order valence-corrected chi connectivity index (χ0v) is 19.8. The van der Waals surface area contributed by atoms with Gasteiger partial charge in [0, 0.05) is 25.0 Å². The molecule has 2 aromatic rings. The van der Waals surface area contributed by atoms with Crippen molar-refractivity contribution in [2.45, 2.75) is 51.2 Å². The smallest absolute Gasteiger partial charge is 0.409 e. The van der Waals surface area contributed by atoms with Crippen molar-refractivity contribution in [1.29, 1.82) is 0 Å². The molecule has 1 fully saturated rings. The summed E-state index contributed by atoms with van der Waals surface area (Å²) in [5, 5.41) is 9.76. The highest BCUT2D eigenvalue weighted by molar-refractivity contribution is 5.79. The van der Waals surface area contributed by atoms with E-state index in [1.807, 2.05) is 45.0 Å². The summed E-state index contributed by atoms with van der Waals surface area (Å²) in [5.41, 5.74) is 4.25. The van der Waals surface area contributed by atoms with Crippen molar-refractivity contribution >= 4 is 18.7 Å². The summed E-state index contributed by atoms with van der Waals surface area (Å²) in [6.07, 6.45) is 0.835. The predicted octanol–water partition coefficient (Wildman–Crippen LogP) is 4.63. The second kappa shape index (κ2) is 11.0. The number of benzene rings is 2. The Morgan fingerprint density at radius 1 is 1.09 bits per heavy atom. The molecular formula is C26H32N2O6. The Balaban J connectivity index is 0.00000103. The zero-order chi connectivity index (χ0) is 24.7. The highest BCUT2D eigenvalue weighted by atomic mass is 16.6. The highest BCUT2D eigenvalue weighted by Crippen LogP contribution is 2.44. The molecule has 2 amide bonds. The first-order chi connectivity index (χ1) is 16.2. The van der Waals surface area contributed by atoms with E-state index in [0.717, 1.165) is 12.8 Å². The van der Waals surface area contributed by atoms with Crippen LogP contribution < -0.4 is 5.32 Å². The number of nitrogens with one attached hydrogen (secondary N) is 1. The molecule has 34 heavy (non-hydrogen) atoms. The van der Waals surface area contributed by atoms with Crippen LogP contribution in [0.4, 0.5) is 9.59 Å². The maximum atomic E-state index is 12.8. The van der Waals surface area contributed by atoms with E-state index < -0.39 is 11.7 Å². The van der Waals surface area contributed by atoms with Gasteiger partial charge in [0.05, 0.1) is 0 Å². The van der Waals surface area contributed by atoms with Crippen LogP contribution in [-0.2, 0) is 14.3 Å². The van der Waals surface area contributed by atoms with E-state index >= 15 is 0 Å². The number of alkyl carbamates (subject to hydrolysis) is 1. The van der Waals surface area contributed by atoms with Gasteiger partial charge in [-0.2, -0.15) is 0 Å². The van der Waals surface area contributed by atoms with Gasteiger partial charge in [0.2, 0.25) is 0 Å². The third-order valence-corrected chi connectivity index (χ3v) is 5.74. The number of piperidine rings is 1. The molecule has 1 heterocycles. The molecule has 1 saturated heterocycles. The van der Waals surface area contributed by atoms with E-state index in [1.54, 1.807) is 4.90 Å². The molecule has 1 aliphatic carbocycles. The molecule has 0 bridgehead atoms. The Kier molecular flexibility index (Phi) is 8.15. The van der Waals surface area contributed by atoms with Gasteiger partial charge in [-0.25, -0.2) is 9.59 Å². The molecule has 0 spiro atoms. The first-order valence-electron chi connectivity index (χ1n) is 11.4. The van der Waals surface area contributed by atoms with E-state index in [0.29, 0.717) is 19.7 Å². The number of hydrogen-bond acceptors (Lipinski definition) is 5. The van der Waals surface area contributed by atoms with Gasteiger partial charge in [-0.1, -0.05) is 48.5 Å². The van der Waals surface area contributed by atoms with Crippen LogP contribution in [0.5, 0.6) is 0 Å². The fraction of sp³-hybridized carbons (Fsp3) is 0.423. The number of likely N-dealkylation sites (tertiary alicyclic amines) is 1. The maximum Gasteiger partial charge on any atom is 0.409 e. The zero-order valence-electron chi connectivity index (χ0n) is 19.8. The van der Waals surface area contributed by atoms with Gasteiger partial charge < -0.3 is 24.8 Å². The standard InChI is InChI=1S/C25H30N2O4.CH2O2/c1-25(2,3)31-23(28)26-17-9-8-14-27(15-17)24(29)30-16-22-20-12-6-4-10-18(20)19-11-5-7-13-21(19)22;2-1-3/h4-7,10-13,17,22H,8-9,14-16H2,1-3H3,(H,26,28);1H,(H,2,3). The average Bonchev–Trinajstić information content (AvgIpc) is 3.11. The van der Waals surface area contributed by atoms with Gasteiger partial charge in [-0.05, 0) is 55.9 Å². The molecule has 8 heteroatoms. The molecule has 4 rings (SSSR count). The van der Waals surface area contributed by atoms with Crippen LogP contribution in [0.15, 0.2) is 48.5 Å². The highest BCUT2D eigenvalue weighted by Gasteiger charge is 2.31. The third-order valence-electron chi connectivity index (χ3n) is 5.74. The third kappa shape index (κ3) is 6.27. The van der Waals surface area contributed by atoms with Crippen LogP contribution in [0.25, 0.3) is 11.1 Å². The van der Waals surface area contributed by atoms with Crippen LogP contribution in [0, 0.1) is 0 Å². The lowest BCUT2D eigenvalue weighted by atomic mass is 9.98. The van der Waals surface area contributed by atoms with Gasteiger partial charge >= 0.3 is 12.2 Å². The summed E-state index contributed by atoms with van der Waals surface area (Å²) in [6, 6.07) is 16.4. The van der Waals surface area contributed by atoms with Crippen molar-refractivity contribution in [3.8, 4) is 11.1 Å². The van der Waals surface area contributed by atoms with E-state index in [9.17, 15) is 9.59 Å². The number of carbonyl (C=O) groups is 3. The first-order valence-corrected chi connectivity index (χ1v) is 11.4. The van der Waals surface area contributed by atoms with E-state index in [2.05, 4.69) is 29.6 Å².